The molecule has 0 saturated carbocycles. The first-order valence-electron chi connectivity index (χ1n) is 29.0. The Balaban J connectivity index is 0.910. The largest absolute Gasteiger partial charge is 0.309 e. The normalized spacial score (nSPS) is 13.0. The average molecular weight is 1100 g/mol. The lowest BCUT2D eigenvalue weighted by Crippen LogP contribution is -2.74. The lowest BCUT2D eigenvalue weighted by Gasteiger charge is -2.34. The number of fused-ring (bicyclic) bond motifs is 12. The smallest absolute Gasteiger partial charge is 0.237 e. The van der Waals surface area contributed by atoms with Gasteiger partial charge in [-0.3, -0.25) is 9.13 Å². The molecule has 7 heteroatoms. The molecule has 0 fully saturated rings. The van der Waals surface area contributed by atoms with Gasteiger partial charge in [0.2, 0.25) is 5.95 Å². The standard InChI is InChI=1S/C78H50N6Si/c79-50-51-36-43-66-67(46-51)59-26-10-11-31-65(59)77(66)53-39-44-64-62-29-14-19-35-73(62)84(75(64)47-53)78-80-69(52-37-41-58(42-38-52)85(55-20-4-1-5-21-55,56-22-6-2-7-23-56)57-24-8-3-9-25-57)49-76(81-78)83-72-34-18-15-30-63(72)68-48-54(40-45-74(68)83)82-70-32-16-12-27-60(70)61-28-13-17-33-71(61)82/h1-49,77H. The molecule has 4 aromatic heterocycles. The molecule has 6 nitrogen and oxygen atoms in total. The molecule has 16 aromatic rings. The highest BCUT2D eigenvalue weighted by atomic mass is 28.3. The number of nitriles is 1. The fourth-order valence-electron chi connectivity index (χ4n) is 14.3. The van der Waals surface area contributed by atoms with E-state index >= 15 is 0 Å². The first-order valence-corrected chi connectivity index (χ1v) is 31.0. The van der Waals surface area contributed by atoms with Crippen molar-refractivity contribution in [1.29, 1.82) is 5.26 Å². The zero-order valence-corrected chi connectivity index (χ0v) is 47.1. The van der Waals surface area contributed by atoms with Gasteiger partial charge in [0, 0.05) is 55.6 Å². The van der Waals surface area contributed by atoms with Crippen LogP contribution in [0.3, 0.4) is 0 Å². The van der Waals surface area contributed by atoms with Crippen LogP contribution in [0.4, 0.5) is 0 Å². The van der Waals surface area contributed by atoms with Gasteiger partial charge in [-0.1, -0.05) is 231 Å². The lowest BCUT2D eigenvalue weighted by molar-refractivity contribution is 0.949. The average Bonchev–Trinajstić information content (AvgIpc) is 2.93. The van der Waals surface area contributed by atoms with Crippen molar-refractivity contribution in [3.05, 3.63) is 320 Å². The second-order valence-corrected chi connectivity index (χ2v) is 26.1. The predicted octanol–water partition coefficient (Wildman–Crippen LogP) is 15.8. The van der Waals surface area contributed by atoms with E-state index in [1.54, 1.807) is 0 Å². The van der Waals surface area contributed by atoms with E-state index in [2.05, 4.69) is 305 Å². The Morgan fingerprint density at radius 2 is 0.835 bits per heavy atom. The molecule has 0 spiro atoms. The van der Waals surface area contributed by atoms with Gasteiger partial charge in [0.15, 0.2) is 8.07 Å². The number of hydrogen-bond donors (Lipinski definition) is 0. The first kappa shape index (κ1) is 48.5. The molecule has 1 unspecified atom stereocenters. The summed E-state index contributed by atoms with van der Waals surface area (Å²) in [6.45, 7) is 0. The van der Waals surface area contributed by atoms with E-state index in [0.717, 1.165) is 83.1 Å². The number of benzene rings is 12. The summed E-state index contributed by atoms with van der Waals surface area (Å²) in [5.74, 6) is 1.29. The minimum absolute atomic E-state index is 0.0422. The summed E-state index contributed by atoms with van der Waals surface area (Å²) < 4.78 is 7.01. The predicted molar refractivity (Wildman–Crippen MR) is 352 cm³/mol. The van der Waals surface area contributed by atoms with Crippen molar-refractivity contribution in [2.45, 2.75) is 5.92 Å². The number of nitrogens with zero attached hydrogens (tertiary/aromatic N) is 6. The third-order valence-corrected chi connectivity index (χ3v) is 22.7. The minimum atomic E-state index is -2.83. The van der Waals surface area contributed by atoms with Gasteiger partial charge in [-0.2, -0.15) is 10.2 Å². The number of rotatable bonds is 9. The Morgan fingerprint density at radius 3 is 1.45 bits per heavy atom. The highest BCUT2D eigenvalue weighted by Gasteiger charge is 2.41. The maximum atomic E-state index is 10.0. The number of aromatic nitrogens is 5. The fraction of sp³-hybridized carbons (Fsp3) is 0.0128. The second kappa shape index (κ2) is 19.2. The summed E-state index contributed by atoms with van der Waals surface area (Å²) in [4.78, 5) is 11.5. The molecular formula is C78H50N6Si. The molecule has 12 aromatic carbocycles. The van der Waals surface area contributed by atoms with Crippen molar-refractivity contribution in [3.8, 4) is 45.9 Å². The van der Waals surface area contributed by atoms with Gasteiger partial charge in [0.25, 0.3) is 0 Å². The molecular weight excluding hydrogens is 1050 g/mol. The minimum Gasteiger partial charge on any atom is -0.309 e. The quantitative estimate of drug-likeness (QED) is 0.107. The van der Waals surface area contributed by atoms with Crippen LogP contribution >= 0.6 is 0 Å². The topological polar surface area (TPSA) is 64.4 Å². The molecule has 1 aliphatic rings. The van der Waals surface area contributed by atoms with Gasteiger partial charge in [-0.25, -0.2) is 4.98 Å². The molecule has 0 N–H and O–H groups in total. The summed E-state index contributed by atoms with van der Waals surface area (Å²) in [5.41, 5.74) is 15.9. The van der Waals surface area contributed by atoms with Crippen molar-refractivity contribution in [3.63, 3.8) is 0 Å². The summed E-state index contributed by atoms with van der Waals surface area (Å²) in [5, 5.41) is 22.2. The molecule has 0 radical (unpaired) electrons. The maximum Gasteiger partial charge on any atom is 0.237 e. The molecule has 0 saturated heterocycles. The number of hydrogen-bond acceptors (Lipinski definition) is 3. The van der Waals surface area contributed by atoms with Gasteiger partial charge < -0.3 is 4.57 Å². The summed E-state index contributed by atoms with van der Waals surface area (Å²) in [6, 6.07) is 110. The van der Waals surface area contributed by atoms with Crippen LogP contribution in [0.5, 0.6) is 0 Å². The van der Waals surface area contributed by atoms with Crippen LogP contribution in [0.1, 0.15) is 28.2 Å². The molecule has 0 aliphatic heterocycles. The molecule has 85 heavy (non-hydrogen) atoms. The van der Waals surface area contributed by atoms with Crippen LogP contribution in [0, 0.1) is 11.3 Å². The zero-order valence-electron chi connectivity index (χ0n) is 46.1. The maximum absolute atomic E-state index is 10.0. The molecule has 396 valence electrons. The highest BCUT2D eigenvalue weighted by molar-refractivity contribution is 7.19. The third-order valence-electron chi connectivity index (χ3n) is 17.9. The Labute approximate surface area is 491 Å². The summed E-state index contributed by atoms with van der Waals surface area (Å²) in [6.07, 6.45) is 0. The highest BCUT2D eigenvalue weighted by Crippen LogP contribution is 2.49. The van der Waals surface area contributed by atoms with Crippen LogP contribution < -0.4 is 20.7 Å². The SMILES string of the molecule is N#Cc1ccc2c(c1)-c1ccccc1C2c1ccc2c3ccccc3n(-c3nc(-c4ccc([Si](c5ccccc5)(c5ccccc5)c5ccccc5)cc4)cc(-n4c5ccccc5c5cc(-n6c7ccccc7c7ccccc76)ccc54)n3)c2c1. The van der Waals surface area contributed by atoms with Crippen molar-refractivity contribution in [2.24, 2.45) is 0 Å². The van der Waals surface area contributed by atoms with E-state index in [9.17, 15) is 5.26 Å². The lowest BCUT2D eigenvalue weighted by atomic mass is 9.88. The van der Waals surface area contributed by atoms with E-state index < -0.39 is 8.07 Å². The van der Waals surface area contributed by atoms with Crippen molar-refractivity contribution < 1.29 is 0 Å². The third kappa shape index (κ3) is 7.36. The van der Waals surface area contributed by atoms with E-state index in [0.29, 0.717) is 11.5 Å². The number of para-hydroxylation sites is 4. The van der Waals surface area contributed by atoms with Crippen LogP contribution in [-0.4, -0.2) is 31.7 Å². The summed E-state index contributed by atoms with van der Waals surface area (Å²) in [7, 11) is -2.83. The molecule has 0 amide bonds. The molecule has 4 heterocycles. The van der Waals surface area contributed by atoms with E-state index in [4.69, 9.17) is 9.97 Å². The van der Waals surface area contributed by atoms with Gasteiger partial charge in [0.1, 0.15) is 5.82 Å². The van der Waals surface area contributed by atoms with Gasteiger partial charge >= 0.3 is 0 Å². The Morgan fingerprint density at radius 1 is 0.341 bits per heavy atom. The van der Waals surface area contributed by atoms with E-state index in [1.165, 1.54) is 53.7 Å². The van der Waals surface area contributed by atoms with Gasteiger partial charge in [0.05, 0.1) is 50.4 Å². The van der Waals surface area contributed by atoms with Crippen LogP contribution in [0.15, 0.2) is 297 Å². The first-order chi connectivity index (χ1) is 42.1. The fourth-order valence-corrected chi connectivity index (χ4v) is 19.0. The van der Waals surface area contributed by atoms with E-state index in [1.807, 2.05) is 12.1 Å². The molecule has 1 aliphatic carbocycles. The van der Waals surface area contributed by atoms with Gasteiger partial charge in [-0.15, -0.1) is 0 Å². The Hall–Kier alpha value is -11.2. The monoisotopic (exact) mass is 1100 g/mol. The van der Waals surface area contributed by atoms with Crippen molar-refractivity contribution in [1.82, 2.24) is 23.7 Å². The molecule has 0 bridgehead atoms. The second-order valence-electron chi connectivity index (χ2n) is 22.3. The molecule has 17 rings (SSSR count). The van der Waals surface area contributed by atoms with E-state index in [-0.39, 0.29) is 5.92 Å². The van der Waals surface area contributed by atoms with Crippen LogP contribution in [0.2, 0.25) is 0 Å². The zero-order chi connectivity index (χ0) is 56.2. The Kier molecular flexibility index (Phi) is 11.0. The summed E-state index contributed by atoms with van der Waals surface area (Å²) >= 11 is 0. The Bertz CT molecular complexity index is 5230. The van der Waals surface area contributed by atoms with Crippen LogP contribution in [0.25, 0.3) is 105 Å². The molecule has 1 atom stereocenters. The van der Waals surface area contributed by atoms with Gasteiger partial charge in [-0.05, 0) is 109 Å². The van der Waals surface area contributed by atoms with Crippen molar-refractivity contribution >= 4 is 94.2 Å². The van der Waals surface area contributed by atoms with Crippen LogP contribution in [-0.2, 0) is 0 Å². The van der Waals surface area contributed by atoms with Crippen molar-refractivity contribution in [2.75, 3.05) is 0 Å².